The van der Waals surface area contributed by atoms with Gasteiger partial charge in [-0.25, -0.2) is 0 Å². The van der Waals surface area contributed by atoms with Crippen molar-refractivity contribution in [3.05, 3.63) is 24.3 Å². The molecular weight excluding hydrogens is 288 g/mol. The van der Waals surface area contributed by atoms with Crippen LogP contribution in [-0.4, -0.2) is 45.3 Å². The van der Waals surface area contributed by atoms with Crippen LogP contribution >= 0.6 is 0 Å². The molecule has 1 aromatic rings. The van der Waals surface area contributed by atoms with E-state index in [0.717, 1.165) is 37.6 Å². The Hall–Kier alpha value is -1.91. The standard InChI is InChI=1S/C18H28N4O/c1-19-18(20-14-6-5-7-14)21-15-10-12-22(13-11-15)16-8-3-4-9-17(16)23-2/h3-4,8-9,14-15H,5-7,10-13H2,1-2H3,(H2,19,20,21). The molecule has 1 heterocycles. The minimum absolute atomic E-state index is 0.493. The molecule has 0 bridgehead atoms. The number of anilines is 1. The number of aliphatic imine (C=N–C) groups is 1. The van der Waals surface area contributed by atoms with Crippen molar-refractivity contribution in [2.24, 2.45) is 4.99 Å². The Kier molecular flexibility index (Phi) is 5.26. The van der Waals surface area contributed by atoms with Crippen LogP contribution in [0.25, 0.3) is 0 Å². The van der Waals surface area contributed by atoms with Gasteiger partial charge in [0.25, 0.3) is 0 Å². The molecule has 1 aliphatic heterocycles. The lowest BCUT2D eigenvalue weighted by Crippen LogP contribution is -2.52. The second-order valence-corrected chi connectivity index (χ2v) is 6.42. The minimum Gasteiger partial charge on any atom is -0.495 e. The van der Waals surface area contributed by atoms with Crippen molar-refractivity contribution in [3.8, 4) is 5.75 Å². The van der Waals surface area contributed by atoms with Gasteiger partial charge in [-0.2, -0.15) is 0 Å². The predicted molar refractivity (Wildman–Crippen MR) is 95.5 cm³/mol. The van der Waals surface area contributed by atoms with Crippen LogP contribution in [0.4, 0.5) is 5.69 Å². The summed E-state index contributed by atoms with van der Waals surface area (Å²) in [5.41, 5.74) is 1.20. The van der Waals surface area contributed by atoms with Gasteiger partial charge in [0.15, 0.2) is 5.96 Å². The lowest BCUT2D eigenvalue weighted by atomic mass is 9.93. The molecule has 0 amide bonds. The summed E-state index contributed by atoms with van der Waals surface area (Å²) in [5.74, 6) is 1.92. The zero-order chi connectivity index (χ0) is 16.1. The van der Waals surface area contributed by atoms with Gasteiger partial charge in [0.05, 0.1) is 12.8 Å². The number of ether oxygens (including phenoxy) is 1. The van der Waals surface area contributed by atoms with Crippen LogP contribution in [0.15, 0.2) is 29.3 Å². The SMILES string of the molecule is CN=C(NC1CCC1)NC1CCN(c2ccccc2OC)CC1. The molecule has 2 N–H and O–H groups in total. The van der Waals surface area contributed by atoms with Gasteiger partial charge >= 0.3 is 0 Å². The monoisotopic (exact) mass is 316 g/mol. The average molecular weight is 316 g/mol. The van der Waals surface area contributed by atoms with Crippen molar-refractivity contribution in [2.45, 2.75) is 44.2 Å². The molecule has 0 spiro atoms. The van der Waals surface area contributed by atoms with E-state index in [1.165, 1.54) is 24.9 Å². The summed E-state index contributed by atoms with van der Waals surface area (Å²) in [6.07, 6.45) is 6.11. The van der Waals surface area contributed by atoms with E-state index in [9.17, 15) is 0 Å². The van der Waals surface area contributed by atoms with Crippen molar-refractivity contribution in [2.75, 3.05) is 32.1 Å². The Balaban J connectivity index is 1.51. The highest BCUT2D eigenvalue weighted by Gasteiger charge is 2.23. The number of methoxy groups -OCH3 is 1. The molecule has 0 atom stereocenters. The normalized spacial score (nSPS) is 20.1. The van der Waals surface area contributed by atoms with Gasteiger partial charge in [0, 0.05) is 32.2 Å². The number of nitrogens with one attached hydrogen (secondary N) is 2. The zero-order valence-electron chi connectivity index (χ0n) is 14.2. The van der Waals surface area contributed by atoms with E-state index in [2.05, 4.69) is 32.7 Å². The molecular formula is C18H28N4O. The number of guanidine groups is 1. The molecule has 2 aliphatic rings. The second kappa shape index (κ2) is 7.57. The first kappa shape index (κ1) is 16.0. The zero-order valence-corrected chi connectivity index (χ0v) is 14.2. The Morgan fingerprint density at radius 3 is 2.30 bits per heavy atom. The Morgan fingerprint density at radius 2 is 1.74 bits per heavy atom. The number of nitrogens with zero attached hydrogens (tertiary/aromatic N) is 2. The van der Waals surface area contributed by atoms with Crippen molar-refractivity contribution >= 4 is 11.6 Å². The van der Waals surface area contributed by atoms with Gasteiger partial charge in [-0.05, 0) is 44.2 Å². The Bertz CT molecular complexity index is 534. The topological polar surface area (TPSA) is 48.9 Å². The predicted octanol–water partition coefficient (Wildman–Crippen LogP) is 2.38. The fourth-order valence-corrected chi connectivity index (χ4v) is 3.27. The van der Waals surface area contributed by atoms with Gasteiger partial charge in [-0.15, -0.1) is 0 Å². The van der Waals surface area contributed by atoms with E-state index in [-0.39, 0.29) is 0 Å². The van der Waals surface area contributed by atoms with E-state index in [1.54, 1.807) is 7.11 Å². The van der Waals surface area contributed by atoms with Crippen LogP contribution in [0.1, 0.15) is 32.1 Å². The van der Waals surface area contributed by atoms with Crippen LogP contribution in [0.3, 0.4) is 0 Å². The first-order valence-corrected chi connectivity index (χ1v) is 8.68. The third kappa shape index (κ3) is 3.89. The van der Waals surface area contributed by atoms with E-state index in [0.29, 0.717) is 12.1 Å². The third-order valence-electron chi connectivity index (χ3n) is 4.93. The van der Waals surface area contributed by atoms with Crippen molar-refractivity contribution in [1.82, 2.24) is 10.6 Å². The molecule has 0 unspecified atom stereocenters. The molecule has 5 nitrogen and oxygen atoms in total. The van der Waals surface area contributed by atoms with Crippen LogP contribution in [0.5, 0.6) is 5.75 Å². The largest absolute Gasteiger partial charge is 0.495 e. The highest BCUT2D eigenvalue weighted by Crippen LogP contribution is 2.29. The second-order valence-electron chi connectivity index (χ2n) is 6.42. The van der Waals surface area contributed by atoms with Crippen LogP contribution in [0.2, 0.25) is 0 Å². The van der Waals surface area contributed by atoms with Gasteiger partial charge in [0.2, 0.25) is 0 Å². The molecule has 1 saturated carbocycles. The Labute approximate surface area is 139 Å². The van der Waals surface area contributed by atoms with Gasteiger partial charge in [-0.3, -0.25) is 4.99 Å². The van der Waals surface area contributed by atoms with E-state index in [4.69, 9.17) is 4.74 Å². The molecule has 5 heteroatoms. The van der Waals surface area contributed by atoms with Crippen LogP contribution in [-0.2, 0) is 0 Å². The Morgan fingerprint density at radius 1 is 1.09 bits per heavy atom. The smallest absolute Gasteiger partial charge is 0.191 e. The van der Waals surface area contributed by atoms with Crippen molar-refractivity contribution in [1.29, 1.82) is 0 Å². The maximum atomic E-state index is 5.48. The number of piperidine rings is 1. The fraction of sp³-hybridized carbons (Fsp3) is 0.611. The van der Waals surface area contributed by atoms with Gasteiger partial charge < -0.3 is 20.3 Å². The summed E-state index contributed by atoms with van der Waals surface area (Å²) < 4.78 is 5.48. The van der Waals surface area contributed by atoms with Crippen LogP contribution in [0, 0.1) is 0 Å². The summed E-state index contributed by atoms with van der Waals surface area (Å²) in [6, 6.07) is 9.38. The average Bonchev–Trinajstić information content (AvgIpc) is 2.57. The lowest BCUT2D eigenvalue weighted by molar-refractivity contribution is 0.373. The van der Waals surface area contributed by atoms with Gasteiger partial charge in [0.1, 0.15) is 5.75 Å². The molecule has 1 aromatic carbocycles. The van der Waals surface area contributed by atoms with Gasteiger partial charge in [-0.1, -0.05) is 12.1 Å². The molecule has 126 valence electrons. The number of benzene rings is 1. The maximum absolute atomic E-state index is 5.48. The molecule has 0 aromatic heterocycles. The summed E-state index contributed by atoms with van der Waals surface area (Å²) >= 11 is 0. The van der Waals surface area contributed by atoms with E-state index < -0.39 is 0 Å². The first-order chi connectivity index (χ1) is 11.3. The third-order valence-corrected chi connectivity index (χ3v) is 4.93. The molecule has 2 fully saturated rings. The summed E-state index contributed by atoms with van der Waals surface area (Å²) in [6.45, 7) is 2.08. The van der Waals surface area contributed by atoms with E-state index in [1.807, 2.05) is 19.2 Å². The van der Waals surface area contributed by atoms with E-state index >= 15 is 0 Å². The lowest BCUT2D eigenvalue weighted by Gasteiger charge is -2.36. The summed E-state index contributed by atoms with van der Waals surface area (Å²) in [5, 5.41) is 7.10. The quantitative estimate of drug-likeness (QED) is 0.661. The highest BCUT2D eigenvalue weighted by atomic mass is 16.5. The van der Waals surface area contributed by atoms with Crippen molar-refractivity contribution in [3.63, 3.8) is 0 Å². The first-order valence-electron chi connectivity index (χ1n) is 8.68. The molecule has 23 heavy (non-hydrogen) atoms. The molecule has 3 rings (SSSR count). The summed E-state index contributed by atoms with van der Waals surface area (Å²) in [7, 11) is 3.60. The minimum atomic E-state index is 0.493. The summed E-state index contributed by atoms with van der Waals surface area (Å²) in [4.78, 5) is 6.79. The number of hydrogen-bond acceptors (Lipinski definition) is 3. The number of para-hydroxylation sites is 2. The number of hydrogen-bond donors (Lipinski definition) is 2. The highest BCUT2D eigenvalue weighted by molar-refractivity contribution is 5.80. The maximum Gasteiger partial charge on any atom is 0.191 e. The molecule has 1 saturated heterocycles. The number of rotatable bonds is 4. The molecule has 1 aliphatic carbocycles. The van der Waals surface area contributed by atoms with Crippen molar-refractivity contribution < 1.29 is 4.74 Å². The fourth-order valence-electron chi connectivity index (χ4n) is 3.27. The van der Waals surface area contributed by atoms with Crippen LogP contribution < -0.4 is 20.3 Å². The molecule has 0 radical (unpaired) electrons.